The van der Waals surface area contributed by atoms with Gasteiger partial charge in [-0.2, -0.15) is 0 Å². The van der Waals surface area contributed by atoms with Crippen LogP contribution in [0.1, 0.15) is 50.6 Å². The number of benzene rings is 3. The fourth-order valence-corrected chi connectivity index (χ4v) is 6.30. The Morgan fingerprint density at radius 1 is 0.957 bits per heavy atom. The molecule has 5 rings (SSSR count). The predicted molar refractivity (Wildman–Crippen MR) is 176 cm³/mol. The monoisotopic (exact) mass is 658 g/mol. The summed E-state index contributed by atoms with van der Waals surface area (Å²) in [5.41, 5.74) is 2.91. The van der Waals surface area contributed by atoms with E-state index in [1.807, 2.05) is 31.2 Å². The van der Waals surface area contributed by atoms with E-state index in [4.69, 9.17) is 23.7 Å². The molecule has 47 heavy (non-hydrogen) atoms. The highest BCUT2D eigenvalue weighted by Crippen LogP contribution is 2.48. The molecular formula is C35H34N2O9S. The number of ether oxygens (including phenoxy) is 5. The number of Topliss-reactive ketones (excluding diaryl/α,β-unsaturated/α-hetero) is 1. The van der Waals surface area contributed by atoms with Gasteiger partial charge in [-0.05, 0) is 68.3 Å². The maximum absolute atomic E-state index is 13.8. The summed E-state index contributed by atoms with van der Waals surface area (Å²) in [5.74, 6) is -1.50. The fraction of sp³-hybridized carbons (Fsp3) is 0.257. The van der Waals surface area contributed by atoms with Crippen molar-refractivity contribution in [2.45, 2.75) is 33.4 Å². The third kappa shape index (κ3) is 6.50. The van der Waals surface area contributed by atoms with Crippen LogP contribution >= 0.6 is 11.3 Å². The van der Waals surface area contributed by atoms with Gasteiger partial charge in [-0.25, -0.2) is 9.78 Å². The van der Waals surface area contributed by atoms with E-state index < -0.39 is 29.5 Å². The number of ketones is 1. The number of carbonyl (C=O) groups excluding carboxylic acids is 3. The minimum atomic E-state index is -1.18. The number of esters is 1. The van der Waals surface area contributed by atoms with Crippen molar-refractivity contribution in [3.63, 3.8) is 0 Å². The van der Waals surface area contributed by atoms with E-state index in [1.54, 1.807) is 50.2 Å². The molecule has 1 atom stereocenters. The van der Waals surface area contributed by atoms with Crippen molar-refractivity contribution in [1.29, 1.82) is 0 Å². The van der Waals surface area contributed by atoms with Crippen LogP contribution in [0.2, 0.25) is 0 Å². The summed E-state index contributed by atoms with van der Waals surface area (Å²) in [6.07, 6.45) is 0. The maximum Gasteiger partial charge on any atom is 0.350 e. The number of nitrogens with zero attached hydrogens (tertiary/aromatic N) is 2. The Morgan fingerprint density at radius 2 is 1.64 bits per heavy atom. The summed E-state index contributed by atoms with van der Waals surface area (Å²) in [6, 6.07) is 16.5. The Hall–Kier alpha value is -5.36. The van der Waals surface area contributed by atoms with Crippen molar-refractivity contribution in [3.8, 4) is 23.0 Å². The van der Waals surface area contributed by atoms with Gasteiger partial charge in [0.2, 0.25) is 5.75 Å². The lowest BCUT2D eigenvalue weighted by Crippen LogP contribution is -2.29. The van der Waals surface area contributed by atoms with Gasteiger partial charge in [0, 0.05) is 5.56 Å². The summed E-state index contributed by atoms with van der Waals surface area (Å²) in [6.45, 7) is 5.80. The van der Waals surface area contributed by atoms with E-state index in [2.05, 4.69) is 4.98 Å². The first-order chi connectivity index (χ1) is 22.6. The fourth-order valence-electron chi connectivity index (χ4n) is 5.31. The number of aryl methyl sites for hydroxylation is 2. The molecule has 11 nitrogen and oxygen atoms in total. The zero-order valence-electron chi connectivity index (χ0n) is 26.8. The number of rotatable bonds is 11. The molecule has 0 saturated carbocycles. The lowest BCUT2D eigenvalue weighted by molar-refractivity contribution is -0.132. The molecule has 244 valence electrons. The third-order valence-electron chi connectivity index (χ3n) is 7.52. The second-order valence-electron chi connectivity index (χ2n) is 10.6. The Labute approximate surface area is 275 Å². The summed E-state index contributed by atoms with van der Waals surface area (Å²) < 4.78 is 27.7. The number of hydrogen-bond donors (Lipinski definition) is 1. The van der Waals surface area contributed by atoms with Crippen molar-refractivity contribution in [1.82, 2.24) is 4.98 Å². The molecule has 1 fully saturated rings. The molecule has 1 N–H and O–H groups in total. The first-order valence-electron chi connectivity index (χ1n) is 14.7. The molecule has 2 heterocycles. The average Bonchev–Trinajstić information content (AvgIpc) is 3.58. The van der Waals surface area contributed by atoms with Crippen LogP contribution < -0.4 is 23.8 Å². The maximum atomic E-state index is 13.8. The zero-order chi connectivity index (χ0) is 33.8. The lowest BCUT2D eigenvalue weighted by atomic mass is 9.94. The average molecular weight is 659 g/mol. The Morgan fingerprint density at radius 3 is 2.23 bits per heavy atom. The number of aromatic nitrogens is 1. The van der Waals surface area contributed by atoms with Crippen LogP contribution in [0, 0.1) is 13.8 Å². The predicted octanol–water partition coefficient (Wildman–Crippen LogP) is 6.17. The molecule has 1 amide bonds. The molecule has 1 unspecified atom stereocenters. The van der Waals surface area contributed by atoms with Crippen molar-refractivity contribution in [2.24, 2.45) is 0 Å². The lowest BCUT2D eigenvalue weighted by Gasteiger charge is -2.24. The number of aliphatic hydroxyl groups is 1. The van der Waals surface area contributed by atoms with Gasteiger partial charge in [-0.15, -0.1) is 0 Å². The normalized spacial score (nSPS) is 15.4. The van der Waals surface area contributed by atoms with Crippen LogP contribution in [-0.2, 0) is 20.9 Å². The summed E-state index contributed by atoms with van der Waals surface area (Å²) in [5, 5.41) is 11.7. The Balaban J connectivity index is 1.61. The number of methoxy groups -OCH3 is 3. The van der Waals surface area contributed by atoms with E-state index in [-0.39, 0.29) is 39.3 Å². The molecule has 4 aromatic rings. The summed E-state index contributed by atoms with van der Waals surface area (Å²) in [7, 11) is 4.34. The van der Waals surface area contributed by atoms with Gasteiger partial charge in [0.05, 0.1) is 45.2 Å². The second-order valence-corrected chi connectivity index (χ2v) is 11.5. The van der Waals surface area contributed by atoms with Crippen LogP contribution in [0.4, 0.5) is 5.13 Å². The molecule has 0 aliphatic carbocycles. The smallest absolute Gasteiger partial charge is 0.350 e. The van der Waals surface area contributed by atoms with Gasteiger partial charge in [-0.3, -0.25) is 14.5 Å². The number of amides is 1. The number of hydrogen-bond acceptors (Lipinski definition) is 11. The van der Waals surface area contributed by atoms with Crippen LogP contribution in [0.25, 0.3) is 5.76 Å². The first-order valence-corrected chi connectivity index (χ1v) is 15.5. The van der Waals surface area contributed by atoms with E-state index in [0.29, 0.717) is 29.4 Å². The number of carbonyl (C=O) groups is 3. The molecule has 0 spiro atoms. The second kappa shape index (κ2) is 14.0. The zero-order valence-corrected chi connectivity index (χ0v) is 27.6. The van der Waals surface area contributed by atoms with Crippen LogP contribution in [0.3, 0.4) is 0 Å². The highest BCUT2D eigenvalue weighted by atomic mass is 32.1. The number of anilines is 1. The minimum Gasteiger partial charge on any atom is -0.507 e. The van der Waals surface area contributed by atoms with Gasteiger partial charge >= 0.3 is 11.9 Å². The molecule has 1 saturated heterocycles. The molecule has 0 bridgehead atoms. The quantitative estimate of drug-likeness (QED) is 0.0864. The molecule has 3 aromatic carbocycles. The standard InChI is InChI=1S/C35H34N2O9S/c1-7-45-34(41)32-20(3)36-35(47-32)37-28(23-16-25(42-4)31(44-6)26(17-23)43-5)27(30(39)33(37)40)29(38)22-11-13-24(14-12-22)46-18-21-10-8-9-19(2)15-21/h8-17,28,38H,7,18H2,1-6H3. The minimum absolute atomic E-state index is 0.0744. The number of aliphatic hydroxyl groups excluding tert-OH is 1. The van der Waals surface area contributed by atoms with Gasteiger partial charge < -0.3 is 28.8 Å². The summed E-state index contributed by atoms with van der Waals surface area (Å²) in [4.78, 5) is 46.0. The Kier molecular flexibility index (Phi) is 9.80. The van der Waals surface area contributed by atoms with E-state index >= 15 is 0 Å². The highest BCUT2D eigenvalue weighted by molar-refractivity contribution is 7.17. The number of thiazole rings is 1. The van der Waals surface area contributed by atoms with Gasteiger partial charge in [0.25, 0.3) is 5.78 Å². The molecule has 1 aliphatic heterocycles. The van der Waals surface area contributed by atoms with Gasteiger partial charge in [-0.1, -0.05) is 41.2 Å². The van der Waals surface area contributed by atoms with Crippen molar-refractivity contribution in [3.05, 3.63) is 99.1 Å². The molecular weight excluding hydrogens is 624 g/mol. The van der Waals surface area contributed by atoms with Crippen molar-refractivity contribution in [2.75, 3.05) is 32.8 Å². The van der Waals surface area contributed by atoms with Crippen LogP contribution in [0.15, 0.2) is 66.2 Å². The van der Waals surface area contributed by atoms with Gasteiger partial charge in [0.1, 0.15) is 23.0 Å². The van der Waals surface area contributed by atoms with E-state index in [9.17, 15) is 19.5 Å². The topological polar surface area (TPSA) is 134 Å². The first kappa shape index (κ1) is 33.0. The molecule has 1 aliphatic rings. The van der Waals surface area contributed by atoms with E-state index in [1.165, 1.54) is 21.3 Å². The molecule has 1 aromatic heterocycles. The summed E-state index contributed by atoms with van der Waals surface area (Å²) >= 11 is 0.912. The van der Waals surface area contributed by atoms with Crippen LogP contribution in [-0.4, -0.2) is 55.7 Å². The Bertz CT molecular complexity index is 1840. The SMILES string of the molecule is CCOC(=O)c1sc(N2C(=O)C(=O)C(=C(O)c3ccc(OCc4cccc(C)c4)cc3)C2c2cc(OC)c(OC)c(OC)c2)nc1C. The van der Waals surface area contributed by atoms with E-state index in [0.717, 1.165) is 27.4 Å². The molecule has 12 heteroatoms. The van der Waals surface area contributed by atoms with Crippen molar-refractivity contribution < 1.29 is 43.2 Å². The van der Waals surface area contributed by atoms with Gasteiger partial charge in [0.15, 0.2) is 16.6 Å². The highest BCUT2D eigenvalue weighted by Gasteiger charge is 2.49. The van der Waals surface area contributed by atoms with Crippen LogP contribution in [0.5, 0.6) is 23.0 Å². The largest absolute Gasteiger partial charge is 0.507 e. The third-order valence-corrected chi connectivity index (χ3v) is 8.65. The molecule has 0 radical (unpaired) electrons. The van der Waals surface area contributed by atoms with Crippen molar-refractivity contribution >= 4 is 39.9 Å².